The van der Waals surface area contributed by atoms with E-state index < -0.39 is 0 Å². The molecule has 1 unspecified atom stereocenters. The number of benzene rings is 1. The number of thiazole rings is 1. The maximum Gasteiger partial charge on any atom is 0.290 e. The van der Waals surface area contributed by atoms with Gasteiger partial charge in [-0.15, -0.1) is 5.10 Å². The largest absolute Gasteiger partial charge is 0.290 e. The van der Waals surface area contributed by atoms with Crippen molar-refractivity contribution in [3.8, 4) is 11.4 Å². The molecular formula is C18H17N3OS. The van der Waals surface area contributed by atoms with Crippen molar-refractivity contribution >= 4 is 22.4 Å². The molecule has 0 N–H and O–H groups in total. The van der Waals surface area contributed by atoms with Crippen LogP contribution in [0.15, 0.2) is 41.2 Å². The predicted molar refractivity (Wildman–Crippen MR) is 93.5 cm³/mol. The van der Waals surface area contributed by atoms with Crippen molar-refractivity contribution in [2.75, 3.05) is 0 Å². The molecule has 2 heterocycles. The van der Waals surface area contributed by atoms with Gasteiger partial charge in [0.1, 0.15) is 0 Å². The van der Waals surface area contributed by atoms with Crippen molar-refractivity contribution in [3.63, 3.8) is 0 Å². The van der Waals surface area contributed by atoms with Crippen LogP contribution >= 0.6 is 11.3 Å². The average molecular weight is 323 g/mol. The molecule has 0 spiro atoms. The number of hydrogen-bond acceptors (Lipinski definition) is 4. The van der Waals surface area contributed by atoms with E-state index in [4.69, 9.17) is 0 Å². The van der Waals surface area contributed by atoms with E-state index >= 15 is 0 Å². The molecule has 0 saturated heterocycles. The molecule has 2 aromatic heterocycles. The normalized spacial score (nSPS) is 18.8. The van der Waals surface area contributed by atoms with Gasteiger partial charge in [0.2, 0.25) is 4.96 Å². The summed E-state index contributed by atoms with van der Waals surface area (Å²) in [5.74, 6) is 1.06. The lowest BCUT2D eigenvalue weighted by molar-refractivity contribution is 0.612. The number of hydrogen-bond donors (Lipinski definition) is 0. The van der Waals surface area contributed by atoms with Crippen molar-refractivity contribution in [3.05, 3.63) is 56.9 Å². The van der Waals surface area contributed by atoms with Crippen LogP contribution in [-0.4, -0.2) is 14.6 Å². The number of rotatable bonds is 2. The maximum atomic E-state index is 12.5. The second-order valence-electron chi connectivity index (χ2n) is 5.98. The van der Waals surface area contributed by atoms with Gasteiger partial charge in [0, 0.05) is 5.56 Å². The molecular weight excluding hydrogens is 306 g/mol. The van der Waals surface area contributed by atoms with Crippen LogP contribution in [0.3, 0.4) is 0 Å². The predicted octanol–water partition coefficient (Wildman–Crippen LogP) is 2.98. The molecule has 1 aliphatic rings. The molecule has 1 aromatic carbocycles. The van der Waals surface area contributed by atoms with Gasteiger partial charge in [0.25, 0.3) is 5.56 Å². The Morgan fingerprint density at radius 1 is 1.26 bits per heavy atom. The third kappa shape index (κ3) is 2.72. The van der Waals surface area contributed by atoms with Crippen LogP contribution in [0.25, 0.3) is 22.4 Å². The van der Waals surface area contributed by atoms with Crippen LogP contribution in [0, 0.1) is 12.8 Å². The molecule has 1 atom stereocenters. The van der Waals surface area contributed by atoms with Gasteiger partial charge < -0.3 is 0 Å². The molecule has 0 saturated carbocycles. The Kier molecular flexibility index (Phi) is 3.58. The molecule has 4 nitrogen and oxygen atoms in total. The Labute approximate surface area is 137 Å². The smallest absolute Gasteiger partial charge is 0.266 e. The molecule has 4 rings (SSSR count). The third-order valence-electron chi connectivity index (χ3n) is 4.19. The molecule has 116 valence electrons. The summed E-state index contributed by atoms with van der Waals surface area (Å²) >= 11 is 1.43. The van der Waals surface area contributed by atoms with E-state index in [1.165, 1.54) is 21.4 Å². The molecule has 0 bridgehead atoms. The van der Waals surface area contributed by atoms with Crippen LogP contribution in [-0.2, 0) is 0 Å². The lowest BCUT2D eigenvalue weighted by Crippen LogP contribution is -2.25. The molecule has 0 amide bonds. The van der Waals surface area contributed by atoms with Gasteiger partial charge in [-0.05, 0) is 32.1 Å². The number of fused-ring (bicyclic) bond motifs is 1. The summed E-state index contributed by atoms with van der Waals surface area (Å²) < 4.78 is 2.19. The standard InChI is InChI=1S/C18H17N3OS/c1-12-7-9-14(10-8-12)16-19-18-21(20-16)17(22)15(23-18)11-13-5-3-2-4-6-13/h2-3,7-11,13H,4-6H2,1H3. The van der Waals surface area contributed by atoms with Gasteiger partial charge >= 0.3 is 0 Å². The average Bonchev–Trinajstić information content (AvgIpc) is 3.10. The van der Waals surface area contributed by atoms with Crippen LogP contribution in [0.4, 0.5) is 0 Å². The molecule has 23 heavy (non-hydrogen) atoms. The number of aromatic nitrogens is 3. The van der Waals surface area contributed by atoms with Crippen LogP contribution < -0.4 is 10.1 Å². The van der Waals surface area contributed by atoms with Crippen molar-refractivity contribution < 1.29 is 0 Å². The third-order valence-corrected chi connectivity index (χ3v) is 5.17. The van der Waals surface area contributed by atoms with Gasteiger partial charge in [0.05, 0.1) is 4.53 Å². The minimum absolute atomic E-state index is 0.0505. The first-order valence-electron chi connectivity index (χ1n) is 7.84. The minimum Gasteiger partial charge on any atom is -0.266 e. The topological polar surface area (TPSA) is 47.3 Å². The highest BCUT2D eigenvalue weighted by atomic mass is 32.1. The van der Waals surface area contributed by atoms with E-state index in [0.717, 1.165) is 29.4 Å². The van der Waals surface area contributed by atoms with Gasteiger partial charge in [-0.2, -0.15) is 9.50 Å². The summed E-state index contributed by atoms with van der Waals surface area (Å²) in [5, 5.41) is 4.40. The van der Waals surface area contributed by atoms with E-state index in [1.807, 2.05) is 31.2 Å². The summed E-state index contributed by atoms with van der Waals surface area (Å²) in [5.41, 5.74) is 2.08. The highest BCUT2D eigenvalue weighted by molar-refractivity contribution is 7.15. The van der Waals surface area contributed by atoms with Crippen molar-refractivity contribution in [1.29, 1.82) is 0 Å². The first kappa shape index (κ1) is 14.3. The molecule has 0 fully saturated rings. The molecule has 3 aromatic rings. The Hall–Kier alpha value is -2.27. The summed E-state index contributed by atoms with van der Waals surface area (Å²) in [6, 6.07) is 8.03. The summed E-state index contributed by atoms with van der Waals surface area (Å²) in [6.45, 7) is 2.04. The van der Waals surface area contributed by atoms with Gasteiger partial charge in [-0.1, -0.05) is 59.4 Å². The Balaban J connectivity index is 1.74. The van der Waals surface area contributed by atoms with E-state index in [9.17, 15) is 4.79 Å². The molecule has 5 heteroatoms. The molecule has 0 radical (unpaired) electrons. The van der Waals surface area contributed by atoms with E-state index in [-0.39, 0.29) is 5.56 Å². The quantitative estimate of drug-likeness (QED) is 0.681. The van der Waals surface area contributed by atoms with Crippen LogP contribution in [0.2, 0.25) is 0 Å². The first-order valence-corrected chi connectivity index (χ1v) is 8.66. The summed E-state index contributed by atoms with van der Waals surface area (Å²) in [4.78, 5) is 17.7. The fourth-order valence-electron chi connectivity index (χ4n) is 2.86. The number of allylic oxidation sites excluding steroid dienone is 2. The first-order chi connectivity index (χ1) is 11.2. The minimum atomic E-state index is -0.0505. The number of nitrogens with zero attached hydrogens (tertiary/aromatic N) is 3. The zero-order chi connectivity index (χ0) is 15.8. The SMILES string of the molecule is Cc1ccc(-c2nc3sc(=CC4CC=CCC4)c(=O)n3n2)cc1. The van der Waals surface area contributed by atoms with Crippen molar-refractivity contribution in [1.82, 2.24) is 14.6 Å². The lowest BCUT2D eigenvalue weighted by Gasteiger charge is -2.11. The molecule has 1 aliphatic carbocycles. The van der Waals surface area contributed by atoms with Crippen LogP contribution in [0.5, 0.6) is 0 Å². The second kappa shape index (κ2) is 5.74. The van der Waals surface area contributed by atoms with Gasteiger partial charge in [-0.25, -0.2) is 0 Å². The molecule has 0 aliphatic heterocycles. The highest BCUT2D eigenvalue weighted by Crippen LogP contribution is 2.20. The van der Waals surface area contributed by atoms with Gasteiger partial charge in [-0.3, -0.25) is 4.79 Å². The second-order valence-corrected chi connectivity index (χ2v) is 6.99. The Morgan fingerprint density at radius 2 is 2.09 bits per heavy atom. The lowest BCUT2D eigenvalue weighted by atomic mass is 9.94. The van der Waals surface area contributed by atoms with E-state index in [1.54, 1.807) is 0 Å². The van der Waals surface area contributed by atoms with E-state index in [0.29, 0.717) is 16.7 Å². The van der Waals surface area contributed by atoms with E-state index in [2.05, 4.69) is 28.3 Å². The Morgan fingerprint density at radius 3 is 2.78 bits per heavy atom. The van der Waals surface area contributed by atoms with Crippen molar-refractivity contribution in [2.24, 2.45) is 5.92 Å². The van der Waals surface area contributed by atoms with Gasteiger partial charge in [0.15, 0.2) is 5.82 Å². The maximum absolute atomic E-state index is 12.5. The fraction of sp³-hybridized carbons (Fsp3) is 0.278. The summed E-state index contributed by atoms with van der Waals surface area (Å²) in [6.07, 6.45) is 9.71. The Bertz CT molecular complexity index is 982. The fourth-order valence-corrected chi connectivity index (χ4v) is 3.83. The monoisotopic (exact) mass is 323 g/mol. The number of aryl methyl sites for hydroxylation is 1. The summed E-state index contributed by atoms with van der Waals surface area (Å²) in [7, 11) is 0. The zero-order valence-electron chi connectivity index (χ0n) is 12.9. The van der Waals surface area contributed by atoms with Crippen molar-refractivity contribution in [2.45, 2.75) is 26.2 Å². The van der Waals surface area contributed by atoms with Crippen LogP contribution in [0.1, 0.15) is 24.8 Å². The highest BCUT2D eigenvalue weighted by Gasteiger charge is 2.13. The zero-order valence-corrected chi connectivity index (χ0v) is 13.7.